The fourth-order valence-corrected chi connectivity index (χ4v) is 2.43. The minimum Gasteiger partial charge on any atom is -0.463 e. The van der Waals surface area contributed by atoms with Crippen LogP contribution in [0.1, 0.15) is 27.7 Å². The summed E-state index contributed by atoms with van der Waals surface area (Å²) >= 11 is 0. The minimum atomic E-state index is -0.673. The lowest BCUT2D eigenvalue weighted by molar-refractivity contribution is -0.245. The van der Waals surface area contributed by atoms with Crippen LogP contribution in [0.3, 0.4) is 0 Å². The predicted molar refractivity (Wildman–Crippen MR) is 74.3 cm³/mol. The molecule has 0 bridgehead atoms. The van der Waals surface area contributed by atoms with Crippen molar-refractivity contribution in [3.63, 3.8) is 0 Å². The van der Waals surface area contributed by atoms with Crippen molar-refractivity contribution in [2.45, 2.75) is 46.1 Å². The van der Waals surface area contributed by atoms with Crippen molar-refractivity contribution < 1.29 is 28.9 Å². The molecule has 122 valence electrons. The lowest BCUT2D eigenvalue weighted by Crippen LogP contribution is -2.58. The van der Waals surface area contributed by atoms with Gasteiger partial charge in [-0.25, -0.2) is 0 Å². The van der Waals surface area contributed by atoms with Crippen molar-refractivity contribution in [3.05, 3.63) is 0 Å². The van der Waals surface area contributed by atoms with Gasteiger partial charge in [0, 0.05) is 13.8 Å². The average molecular weight is 303 g/mol. The lowest BCUT2D eigenvalue weighted by Gasteiger charge is -2.44. The Bertz CT molecular complexity index is 359. The molecule has 0 spiro atoms. The fraction of sp³-hybridized carbons (Fsp3) is 0.857. The molecule has 1 aliphatic heterocycles. The zero-order valence-corrected chi connectivity index (χ0v) is 13.0. The molecule has 0 aromatic heterocycles. The van der Waals surface area contributed by atoms with Gasteiger partial charge in [-0.1, -0.05) is 13.8 Å². The number of aliphatic hydroxyl groups excluding tert-OH is 1. The second kappa shape index (κ2) is 8.31. The van der Waals surface area contributed by atoms with Crippen molar-refractivity contribution in [3.8, 4) is 0 Å². The lowest BCUT2D eigenvalue weighted by atomic mass is 9.82. The normalized spacial score (nSPS) is 32.5. The van der Waals surface area contributed by atoms with Crippen molar-refractivity contribution >= 4 is 11.9 Å². The van der Waals surface area contributed by atoms with E-state index in [2.05, 4.69) is 5.32 Å². The topological polar surface area (TPSA) is 94.1 Å². The predicted octanol–water partition coefficient (Wildman–Crippen LogP) is 0.0602. The molecule has 5 atom stereocenters. The van der Waals surface area contributed by atoms with E-state index in [4.69, 9.17) is 19.3 Å². The summed E-state index contributed by atoms with van der Waals surface area (Å²) in [7, 11) is 0. The van der Waals surface area contributed by atoms with E-state index in [0.29, 0.717) is 0 Å². The first-order chi connectivity index (χ1) is 9.86. The van der Waals surface area contributed by atoms with Gasteiger partial charge in [-0.05, 0) is 11.8 Å². The van der Waals surface area contributed by atoms with Crippen molar-refractivity contribution in [2.75, 3.05) is 19.8 Å². The average Bonchev–Trinajstić information content (AvgIpc) is 2.41. The van der Waals surface area contributed by atoms with E-state index in [1.807, 2.05) is 13.8 Å². The maximum atomic E-state index is 11.3. The summed E-state index contributed by atoms with van der Waals surface area (Å²) < 4.78 is 16.3. The molecule has 1 saturated heterocycles. The zero-order chi connectivity index (χ0) is 16.0. The fourth-order valence-electron chi connectivity index (χ4n) is 2.43. The number of rotatable bonds is 6. The molecule has 2 N–H and O–H groups in total. The van der Waals surface area contributed by atoms with Gasteiger partial charge in [0.15, 0.2) is 6.29 Å². The summed E-state index contributed by atoms with van der Waals surface area (Å²) in [4.78, 5) is 22.3. The molecule has 1 heterocycles. The number of nitrogens with one attached hydrogen (secondary N) is 1. The van der Waals surface area contributed by atoms with Crippen LogP contribution in [-0.2, 0) is 23.8 Å². The van der Waals surface area contributed by atoms with E-state index >= 15 is 0 Å². The number of hydrogen-bond donors (Lipinski definition) is 2. The van der Waals surface area contributed by atoms with Crippen LogP contribution in [-0.4, -0.2) is 55.2 Å². The maximum Gasteiger partial charge on any atom is 0.302 e. The van der Waals surface area contributed by atoms with Crippen LogP contribution in [0.15, 0.2) is 0 Å². The number of carbonyl (C=O) groups excluding carboxylic acids is 2. The molecule has 0 aliphatic carbocycles. The van der Waals surface area contributed by atoms with Gasteiger partial charge in [0.05, 0.1) is 25.4 Å². The maximum absolute atomic E-state index is 11.3. The second-order valence-electron chi connectivity index (χ2n) is 5.38. The smallest absolute Gasteiger partial charge is 0.302 e. The van der Waals surface area contributed by atoms with Crippen molar-refractivity contribution in [1.29, 1.82) is 0 Å². The summed E-state index contributed by atoms with van der Waals surface area (Å²) in [6.45, 7) is 6.88. The molecule has 7 heteroatoms. The highest BCUT2D eigenvalue weighted by molar-refractivity contribution is 5.73. The highest BCUT2D eigenvalue weighted by Gasteiger charge is 2.42. The molecular formula is C14H25NO6. The molecule has 1 amide bonds. The van der Waals surface area contributed by atoms with E-state index in [1.165, 1.54) is 13.8 Å². The molecule has 1 aliphatic rings. The van der Waals surface area contributed by atoms with E-state index in [0.717, 1.165) is 0 Å². The van der Waals surface area contributed by atoms with E-state index in [9.17, 15) is 9.59 Å². The number of hydrogen-bond acceptors (Lipinski definition) is 6. The van der Waals surface area contributed by atoms with Crippen LogP contribution in [0.25, 0.3) is 0 Å². The Balaban J connectivity index is 2.77. The Hall–Kier alpha value is -1.18. The second-order valence-corrected chi connectivity index (χ2v) is 5.38. The van der Waals surface area contributed by atoms with E-state index in [-0.39, 0.29) is 55.7 Å². The first kappa shape index (κ1) is 17.9. The number of amides is 1. The van der Waals surface area contributed by atoms with Crippen LogP contribution in [0.2, 0.25) is 0 Å². The third-order valence-corrected chi connectivity index (χ3v) is 3.78. The highest BCUT2D eigenvalue weighted by Crippen LogP contribution is 2.31. The number of carbonyl (C=O) groups is 2. The summed E-state index contributed by atoms with van der Waals surface area (Å²) in [5, 5.41) is 11.7. The molecule has 0 radical (unpaired) electrons. The Morgan fingerprint density at radius 3 is 2.43 bits per heavy atom. The molecule has 5 unspecified atom stereocenters. The van der Waals surface area contributed by atoms with Crippen molar-refractivity contribution in [1.82, 2.24) is 5.32 Å². The number of esters is 1. The van der Waals surface area contributed by atoms with Crippen LogP contribution in [0.4, 0.5) is 0 Å². The summed E-state index contributed by atoms with van der Waals surface area (Å²) in [6, 6.07) is -0.308. The third-order valence-electron chi connectivity index (χ3n) is 3.78. The standard InChI is InChI=1S/C14H25NO6/c1-8-9(2)13(15-10(3)17)14(19-6-5-16)21-12(8)7-20-11(4)18/h8-9,12-14,16H,5-7H2,1-4H3,(H,15,17). The van der Waals surface area contributed by atoms with Crippen LogP contribution in [0.5, 0.6) is 0 Å². The molecule has 1 rings (SSSR count). The Morgan fingerprint density at radius 1 is 1.24 bits per heavy atom. The SMILES string of the molecule is CC(=O)NC1C(OCCO)OC(COC(C)=O)C(C)C1C. The molecule has 0 aromatic carbocycles. The first-order valence-electron chi connectivity index (χ1n) is 7.15. The third kappa shape index (κ3) is 5.26. The van der Waals surface area contributed by atoms with Gasteiger partial charge in [0.2, 0.25) is 5.91 Å². The van der Waals surface area contributed by atoms with Gasteiger partial charge in [-0.3, -0.25) is 9.59 Å². The summed E-state index contributed by atoms with van der Waals surface area (Å²) in [6.07, 6.45) is -0.981. The Labute approximate surface area is 124 Å². The zero-order valence-electron chi connectivity index (χ0n) is 13.0. The quantitative estimate of drug-likeness (QED) is 0.674. The highest BCUT2D eigenvalue weighted by atomic mass is 16.7. The van der Waals surface area contributed by atoms with Crippen LogP contribution < -0.4 is 5.32 Å². The minimum absolute atomic E-state index is 0.0758. The van der Waals surface area contributed by atoms with Gasteiger partial charge >= 0.3 is 5.97 Å². The molecular weight excluding hydrogens is 278 g/mol. The Kier molecular flexibility index (Phi) is 7.07. The number of ether oxygens (including phenoxy) is 3. The van der Waals surface area contributed by atoms with Gasteiger partial charge in [-0.15, -0.1) is 0 Å². The van der Waals surface area contributed by atoms with Gasteiger partial charge in [0.25, 0.3) is 0 Å². The van der Waals surface area contributed by atoms with Gasteiger partial charge in [-0.2, -0.15) is 0 Å². The summed E-state index contributed by atoms with van der Waals surface area (Å²) in [5.41, 5.74) is 0. The van der Waals surface area contributed by atoms with Gasteiger partial charge < -0.3 is 24.6 Å². The first-order valence-corrected chi connectivity index (χ1v) is 7.15. The molecule has 0 aromatic rings. The monoisotopic (exact) mass is 303 g/mol. The summed E-state index contributed by atoms with van der Waals surface area (Å²) in [5.74, 6) is -0.379. The van der Waals surface area contributed by atoms with E-state index < -0.39 is 6.29 Å². The molecule has 1 fully saturated rings. The molecule has 7 nitrogen and oxygen atoms in total. The number of aliphatic hydroxyl groups is 1. The largest absolute Gasteiger partial charge is 0.463 e. The molecule has 21 heavy (non-hydrogen) atoms. The van der Waals surface area contributed by atoms with E-state index in [1.54, 1.807) is 0 Å². The van der Waals surface area contributed by atoms with Crippen LogP contribution >= 0.6 is 0 Å². The molecule has 0 saturated carbocycles. The Morgan fingerprint density at radius 2 is 1.90 bits per heavy atom. The van der Waals surface area contributed by atoms with Gasteiger partial charge in [0.1, 0.15) is 6.61 Å². The van der Waals surface area contributed by atoms with Crippen molar-refractivity contribution in [2.24, 2.45) is 11.8 Å². The van der Waals surface area contributed by atoms with Crippen LogP contribution in [0, 0.1) is 11.8 Å².